The van der Waals surface area contributed by atoms with E-state index in [9.17, 15) is 4.79 Å². The van der Waals surface area contributed by atoms with Crippen LogP contribution >= 0.6 is 23.8 Å². The molecular formula is C13H15ClN2O2S. The molecule has 1 unspecified atom stereocenters. The Morgan fingerprint density at radius 3 is 2.95 bits per heavy atom. The summed E-state index contributed by atoms with van der Waals surface area (Å²) in [5, 5.41) is 0.622. The monoisotopic (exact) mass is 298 g/mol. The highest BCUT2D eigenvalue weighted by Gasteiger charge is 2.27. The van der Waals surface area contributed by atoms with Crippen LogP contribution in [0.3, 0.4) is 0 Å². The van der Waals surface area contributed by atoms with E-state index in [2.05, 4.69) is 0 Å². The zero-order valence-electron chi connectivity index (χ0n) is 10.6. The lowest BCUT2D eigenvalue weighted by Gasteiger charge is -2.32. The summed E-state index contributed by atoms with van der Waals surface area (Å²) < 4.78 is 5.42. The maximum atomic E-state index is 12.4. The Hall–Kier alpha value is -1.17. The van der Waals surface area contributed by atoms with Gasteiger partial charge in [-0.2, -0.15) is 0 Å². The Morgan fingerprint density at radius 2 is 2.32 bits per heavy atom. The average Bonchev–Trinajstić information content (AvgIpc) is 2.38. The molecule has 2 N–H and O–H groups in total. The fourth-order valence-electron chi connectivity index (χ4n) is 2.04. The van der Waals surface area contributed by atoms with Gasteiger partial charge >= 0.3 is 0 Å². The van der Waals surface area contributed by atoms with Crippen molar-refractivity contribution in [3.63, 3.8) is 0 Å². The third-order valence-corrected chi connectivity index (χ3v) is 3.59. The first kappa shape index (κ1) is 14.2. The number of hydrogen-bond donors (Lipinski definition) is 1. The number of nitrogens with two attached hydrogens (primary N) is 1. The largest absolute Gasteiger partial charge is 0.391 e. The molecule has 1 aliphatic heterocycles. The van der Waals surface area contributed by atoms with Gasteiger partial charge in [0.15, 0.2) is 0 Å². The number of rotatable bonds is 2. The molecule has 6 heteroatoms. The lowest BCUT2D eigenvalue weighted by atomic mass is 10.1. The average molecular weight is 299 g/mol. The van der Waals surface area contributed by atoms with Gasteiger partial charge in [-0.05, 0) is 30.7 Å². The minimum absolute atomic E-state index is 0.0429. The van der Waals surface area contributed by atoms with Gasteiger partial charge in [0, 0.05) is 17.1 Å². The molecule has 0 saturated carbocycles. The van der Waals surface area contributed by atoms with Crippen LogP contribution in [0.25, 0.3) is 0 Å². The van der Waals surface area contributed by atoms with E-state index < -0.39 is 0 Å². The number of aryl methyl sites for hydroxylation is 1. The summed E-state index contributed by atoms with van der Waals surface area (Å²) in [6, 6.07) is 5.23. The molecule has 1 heterocycles. The molecule has 1 aromatic carbocycles. The minimum atomic E-state index is -0.361. The Morgan fingerprint density at radius 1 is 1.58 bits per heavy atom. The molecule has 102 valence electrons. The second-order valence-electron chi connectivity index (χ2n) is 4.47. The highest BCUT2D eigenvalue weighted by Crippen LogP contribution is 2.18. The Kier molecular flexibility index (Phi) is 4.39. The Labute approximate surface area is 122 Å². The van der Waals surface area contributed by atoms with Crippen molar-refractivity contribution in [1.82, 2.24) is 4.90 Å². The molecule has 0 bridgehead atoms. The van der Waals surface area contributed by atoms with Crippen molar-refractivity contribution in [3.05, 3.63) is 34.3 Å². The molecule has 1 aliphatic rings. The second kappa shape index (κ2) is 5.86. The van der Waals surface area contributed by atoms with Crippen molar-refractivity contribution >= 4 is 34.7 Å². The fraction of sp³-hybridized carbons (Fsp3) is 0.385. The number of nitrogens with zero attached hydrogens (tertiary/aromatic N) is 1. The molecule has 1 aromatic rings. The zero-order valence-corrected chi connectivity index (χ0v) is 12.1. The molecule has 0 radical (unpaired) electrons. The summed E-state index contributed by atoms with van der Waals surface area (Å²) in [4.78, 5) is 14.4. The molecular weight excluding hydrogens is 284 g/mol. The molecule has 2 rings (SSSR count). The van der Waals surface area contributed by atoms with Gasteiger partial charge in [-0.25, -0.2) is 0 Å². The van der Waals surface area contributed by atoms with E-state index in [0.29, 0.717) is 30.3 Å². The molecule has 1 amide bonds. The summed E-state index contributed by atoms with van der Waals surface area (Å²) in [6.45, 7) is 3.25. The summed E-state index contributed by atoms with van der Waals surface area (Å²) in [7, 11) is 0. The topological polar surface area (TPSA) is 55.6 Å². The molecule has 19 heavy (non-hydrogen) atoms. The number of halogens is 1. The first-order valence-electron chi connectivity index (χ1n) is 5.95. The summed E-state index contributed by atoms with van der Waals surface area (Å²) in [6.07, 6.45) is -0.361. The van der Waals surface area contributed by atoms with Crippen molar-refractivity contribution in [1.29, 1.82) is 0 Å². The summed E-state index contributed by atoms with van der Waals surface area (Å²) in [5.74, 6) is -0.0429. The van der Waals surface area contributed by atoms with Crippen LogP contribution in [0.5, 0.6) is 0 Å². The van der Waals surface area contributed by atoms with Crippen LogP contribution in [0.1, 0.15) is 15.9 Å². The highest BCUT2D eigenvalue weighted by atomic mass is 35.5. The molecule has 1 atom stereocenters. The van der Waals surface area contributed by atoms with Gasteiger partial charge in [0.1, 0.15) is 11.1 Å². The van der Waals surface area contributed by atoms with Crippen molar-refractivity contribution in [3.8, 4) is 0 Å². The molecule has 4 nitrogen and oxygen atoms in total. The van der Waals surface area contributed by atoms with E-state index in [1.807, 2.05) is 6.92 Å². The van der Waals surface area contributed by atoms with E-state index >= 15 is 0 Å². The second-order valence-corrected chi connectivity index (χ2v) is 5.38. The van der Waals surface area contributed by atoms with Crippen LogP contribution in [0.2, 0.25) is 5.02 Å². The number of carbonyl (C=O) groups is 1. The zero-order chi connectivity index (χ0) is 14.0. The number of amides is 1. The SMILES string of the molecule is Cc1cc(Cl)ccc1C(=O)N1CCOC(C(N)=S)C1. The van der Waals surface area contributed by atoms with Crippen LogP contribution in [0.15, 0.2) is 18.2 Å². The number of hydrogen-bond acceptors (Lipinski definition) is 3. The van der Waals surface area contributed by atoms with Crippen molar-refractivity contribution in [2.45, 2.75) is 13.0 Å². The van der Waals surface area contributed by atoms with Crippen LogP contribution in [0, 0.1) is 6.92 Å². The smallest absolute Gasteiger partial charge is 0.254 e. The van der Waals surface area contributed by atoms with Crippen LogP contribution < -0.4 is 5.73 Å². The van der Waals surface area contributed by atoms with Crippen molar-refractivity contribution in [2.75, 3.05) is 19.7 Å². The van der Waals surface area contributed by atoms with E-state index in [4.69, 9.17) is 34.3 Å². The minimum Gasteiger partial charge on any atom is -0.391 e. The molecule has 0 aliphatic carbocycles. The lowest BCUT2D eigenvalue weighted by molar-refractivity contribution is 0.00875. The number of ether oxygens (including phenoxy) is 1. The lowest BCUT2D eigenvalue weighted by Crippen LogP contribution is -2.50. The van der Waals surface area contributed by atoms with E-state index in [1.54, 1.807) is 23.1 Å². The van der Waals surface area contributed by atoms with Crippen LogP contribution in [0.4, 0.5) is 0 Å². The fourth-order valence-corrected chi connectivity index (χ4v) is 2.41. The van der Waals surface area contributed by atoms with Crippen LogP contribution in [-0.4, -0.2) is 41.6 Å². The normalized spacial score (nSPS) is 19.3. The van der Waals surface area contributed by atoms with E-state index in [-0.39, 0.29) is 17.0 Å². The quantitative estimate of drug-likeness (QED) is 0.846. The van der Waals surface area contributed by atoms with Gasteiger partial charge in [0.05, 0.1) is 13.2 Å². The molecule has 1 fully saturated rings. The number of carbonyl (C=O) groups excluding carboxylic acids is 1. The third-order valence-electron chi connectivity index (χ3n) is 3.09. The predicted molar refractivity (Wildman–Crippen MR) is 78.6 cm³/mol. The number of thiocarbonyl (C=S) groups is 1. The Balaban J connectivity index is 2.17. The van der Waals surface area contributed by atoms with Gasteiger partial charge < -0.3 is 15.4 Å². The predicted octanol–water partition coefficient (Wildman–Crippen LogP) is 1.78. The Bertz CT molecular complexity index is 521. The van der Waals surface area contributed by atoms with E-state index in [0.717, 1.165) is 5.56 Å². The van der Waals surface area contributed by atoms with Crippen LogP contribution in [-0.2, 0) is 4.74 Å². The first-order chi connectivity index (χ1) is 8.99. The molecule has 0 spiro atoms. The van der Waals surface area contributed by atoms with Crippen molar-refractivity contribution in [2.24, 2.45) is 5.73 Å². The highest BCUT2D eigenvalue weighted by molar-refractivity contribution is 7.80. The maximum absolute atomic E-state index is 12.4. The van der Waals surface area contributed by atoms with Gasteiger partial charge in [-0.1, -0.05) is 23.8 Å². The van der Waals surface area contributed by atoms with Gasteiger partial charge in [0.2, 0.25) is 0 Å². The molecule has 0 aromatic heterocycles. The standard InChI is InChI=1S/C13H15ClN2O2S/c1-8-6-9(14)2-3-10(8)13(17)16-4-5-18-11(7-16)12(15)19/h2-3,6,11H,4-5,7H2,1H3,(H2,15,19). The number of morpholine rings is 1. The van der Waals surface area contributed by atoms with Gasteiger partial charge in [-0.3, -0.25) is 4.79 Å². The van der Waals surface area contributed by atoms with Crippen molar-refractivity contribution < 1.29 is 9.53 Å². The third kappa shape index (κ3) is 3.23. The van der Waals surface area contributed by atoms with E-state index in [1.165, 1.54) is 0 Å². The molecule has 1 saturated heterocycles. The maximum Gasteiger partial charge on any atom is 0.254 e. The van der Waals surface area contributed by atoms with Gasteiger partial charge in [-0.15, -0.1) is 0 Å². The summed E-state index contributed by atoms with van der Waals surface area (Å²) >= 11 is 10.8. The van der Waals surface area contributed by atoms with Gasteiger partial charge in [0.25, 0.3) is 5.91 Å². The number of benzene rings is 1. The summed E-state index contributed by atoms with van der Waals surface area (Å²) in [5.41, 5.74) is 7.07. The first-order valence-corrected chi connectivity index (χ1v) is 6.74.